The fourth-order valence-corrected chi connectivity index (χ4v) is 1.28. The minimum Gasteiger partial charge on any atom is -0.395 e. The predicted molar refractivity (Wildman–Crippen MR) is 55.0 cm³/mol. The Bertz CT molecular complexity index is 121. The van der Waals surface area contributed by atoms with Gasteiger partial charge in [0.2, 0.25) is 0 Å². The summed E-state index contributed by atoms with van der Waals surface area (Å²) in [6.07, 6.45) is 1.80. The molecule has 5 heteroatoms. The van der Waals surface area contributed by atoms with Gasteiger partial charge < -0.3 is 26.0 Å². The van der Waals surface area contributed by atoms with E-state index < -0.39 is 0 Å². The number of aliphatic hydroxyl groups is 2. The van der Waals surface area contributed by atoms with E-state index >= 15 is 0 Å². The molecule has 0 saturated heterocycles. The quantitative estimate of drug-likeness (QED) is 0.376. The zero-order chi connectivity index (χ0) is 10.8. The molecule has 0 fully saturated rings. The molecular formula is C9H22N2O3. The summed E-state index contributed by atoms with van der Waals surface area (Å²) in [5.74, 6) is 0. The Morgan fingerprint density at radius 1 is 1.29 bits per heavy atom. The molecule has 0 spiro atoms. The van der Waals surface area contributed by atoms with Crippen LogP contribution >= 0.6 is 0 Å². The van der Waals surface area contributed by atoms with Crippen molar-refractivity contribution in [3.63, 3.8) is 0 Å². The van der Waals surface area contributed by atoms with Gasteiger partial charge in [0.25, 0.3) is 0 Å². The number of ether oxygens (including phenoxy) is 1. The first-order chi connectivity index (χ1) is 6.78. The maximum atomic E-state index is 8.88. The lowest BCUT2D eigenvalue weighted by Gasteiger charge is -2.22. The van der Waals surface area contributed by atoms with Crippen molar-refractivity contribution in [3.05, 3.63) is 0 Å². The van der Waals surface area contributed by atoms with Gasteiger partial charge >= 0.3 is 0 Å². The van der Waals surface area contributed by atoms with Crippen LogP contribution in [0.5, 0.6) is 0 Å². The number of hydrogen-bond acceptors (Lipinski definition) is 5. The van der Waals surface area contributed by atoms with Crippen molar-refractivity contribution in [1.29, 1.82) is 0 Å². The first-order valence-corrected chi connectivity index (χ1v) is 4.95. The Hall–Kier alpha value is -0.200. The molecule has 0 rings (SSSR count). The number of methoxy groups -OCH3 is 1. The Labute approximate surface area is 85.3 Å². The Morgan fingerprint density at radius 2 is 1.93 bits per heavy atom. The summed E-state index contributed by atoms with van der Waals surface area (Å²) in [6, 6.07) is -0.124. The van der Waals surface area contributed by atoms with Crippen LogP contribution in [0.15, 0.2) is 0 Å². The Kier molecular flexibility index (Phi) is 9.23. The first-order valence-electron chi connectivity index (χ1n) is 4.95. The van der Waals surface area contributed by atoms with E-state index in [1.54, 1.807) is 7.11 Å². The van der Waals surface area contributed by atoms with Gasteiger partial charge in [0.15, 0.2) is 0 Å². The highest BCUT2D eigenvalue weighted by atomic mass is 16.5. The molecule has 0 saturated carbocycles. The maximum absolute atomic E-state index is 8.88. The molecular weight excluding hydrogens is 184 g/mol. The van der Waals surface area contributed by atoms with Crippen molar-refractivity contribution in [2.75, 3.05) is 33.5 Å². The van der Waals surface area contributed by atoms with Gasteiger partial charge in [0, 0.05) is 13.2 Å². The largest absolute Gasteiger partial charge is 0.395 e. The molecule has 0 aromatic carbocycles. The van der Waals surface area contributed by atoms with E-state index in [0.717, 1.165) is 12.8 Å². The van der Waals surface area contributed by atoms with Crippen molar-refractivity contribution < 1.29 is 14.9 Å². The molecule has 0 aliphatic heterocycles. The molecule has 1 atom stereocenters. The molecule has 5 N–H and O–H groups in total. The predicted octanol–water partition coefficient (Wildman–Crippen LogP) is -1.32. The van der Waals surface area contributed by atoms with Gasteiger partial charge in [-0.25, -0.2) is 0 Å². The standard InChI is InChI=1S/C9H22N2O3/c1-14-7-8(3-2-4-10)11-9(5-12)6-13/h8-9,11-13H,2-7,10H2,1H3. The normalized spacial score (nSPS) is 13.5. The average molecular weight is 206 g/mol. The number of nitrogens with one attached hydrogen (secondary N) is 1. The molecule has 86 valence electrons. The van der Waals surface area contributed by atoms with Crippen LogP contribution in [0.4, 0.5) is 0 Å². The van der Waals surface area contributed by atoms with Crippen LogP contribution in [-0.2, 0) is 4.74 Å². The third-order valence-corrected chi connectivity index (χ3v) is 2.04. The highest BCUT2D eigenvalue weighted by Crippen LogP contribution is 1.98. The summed E-state index contributed by atoms with van der Waals surface area (Å²) in [7, 11) is 1.63. The van der Waals surface area contributed by atoms with Crippen LogP contribution < -0.4 is 11.1 Å². The third kappa shape index (κ3) is 6.28. The van der Waals surface area contributed by atoms with E-state index in [9.17, 15) is 0 Å². The topological polar surface area (TPSA) is 87.7 Å². The summed E-state index contributed by atoms with van der Waals surface area (Å²) in [6.45, 7) is 1.07. The second-order valence-electron chi connectivity index (χ2n) is 3.31. The average Bonchev–Trinajstić information content (AvgIpc) is 2.22. The minimum atomic E-state index is -0.270. The highest BCUT2D eigenvalue weighted by molar-refractivity contribution is 4.73. The number of rotatable bonds is 9. The van der Waals surface area contributed by atoms with E-state index in [1.165, 1.54) is 0 Å². The molecule has 0 aromatic rings. The molecule has 14 heavy (non-hydrogen) atoms. The third-order valence-electron chi connectivity index (χ3n) is 2.04. The minimum absolute atomic E-state index is 0.0701. The van der Waals surface area contributed by atoms with Crippen molar-refractivity contribution >= 4 is 0 Å². The SMILES string of the molecule is COCC(CCCN)NC(CO)CO. The van der Waals surface area contributed by atoms with Crippen molar-refractivity contribution in [1.82, 2.24) is 5.32 Å². The van der Waals surface area contributed by atoms with Gasteiger partial charge in [-0.3, -0.25) is 0 Å². The molecule has 0 bridgehead atoms. The summed E-state index contributed by atoms with van der Waals surface area (Å²) in [4.78, 5) is 0. The molecule has 0 amide bonds. The Balaban J connectivity index is 3.80. The summed E-state index contributed by atoms with van der Waals surface area (Å²) in [5, 5.41) is 20.9. The summed E-state index contributed by atoms with van der Waals surface area (Å²) in [5.41, 5.74) is 5.40. The molecule has 0 aliphatic rings. The van der Waals surface area contributed by atoms with Crippen molar-refractivity contribution in [3.8, 4) is 0 Å². The molecule has 0 heterocycles. The smallest absolute Gasteiger partial charge is 0.0615 e. The fraction of sp³-hybridized carbons (Fsp3) is 1.00. The van der Waals surface area contributed by atoms with Crippen LogP contribution in [0.3, 0.4) is 0 Å². The van der Waals surface area contributed by atoms with E-state index in [2.05, 4.69) is 5.32 Å². The lowest BCUT2D eigenvalue weighted by molar-refractivity contribution is 0.121. The van der Waals surface area contributed by atoms with Gasteiger partial charge in [-0.15, -0.1) is 0 Å². The lowest BCUT2D eigenvalue weighted by atomic mass is 10.1. The Morgan fingerprint density at radius 3 is 2.36 bits per heavy atom. The lowest BCUT2D eigenvalue weighted by Crippen LogP contribution is -2.45. The number of hydrogen-bond donors (Lipinski definition) is 4. The fourth-order valence-electron chi connectivity index (χ4n) is 1.28. The summed E-state index contributed by atoms with van der Waals surface area (Å²) < 4.78 is 5.02. The molecule has 0 radical (unpaired) electrons. The van der Waals surface area contributed by atoms with Crippen molar-refractivity contribution in [2.45, 2.75) is 24.9 Å². The second kappa shape index (κ2) is 9.36. The van der Waals surface area contributed by atoms with E-state index in [1.807, 2.05) is 0 Å². The van der Waals surface area contributed by atoms with E-state index in [0.29, 0.717) is 13.2 Å². The molecule has 0 aliphatic carbocycles. The zero-order valence-electron chi connectivity index (χ0n) is 8.78. The second-order valence-corrected chi connectivity index (χ2v) is 3.31. The molecule has 0 aromatic heterocycles. The van der Waals surface area contributed by atoms with Crippen LogP contribution in [0, 0.1) is 0 Å². The maximum Gasteiger partial charge on any atom is 0.0615 e. The molecule has 1 unspecified atom stereocenters. The first kappa shape index (κ1) is 13.8. The van der Waals surface area contributed by atoms with Gasteiger partial charge in [0.1, 0.15) is 0 Å². The van der Waals surface area contributed by atoms with Gasteiger partial charge in [0.05, 0.1) is 25.9 Å². The van der Waals surface area contributed by atoms with Gasteiger partial charge in [-0.1, -0.05) is 0 Å². The summed E-state index contributed by atoms with van der Waals surface area (Å²) >= 11 is 0. The van der Waals surface area contributed by atoms with Crippen LogP contribution in [-0.4, -0.2) is 55.8 Å². The van der Waals surface area contributed by atoms with Gasteiger partial charge in [-0.05, 0) is 19.4 Å². The highest BCUT2D eigenvalue weighted by Gasteiger charge is 2.13. The number of nitrogens with two attached hydrogens (primary N) is 1. The van der Waals surface area contributed by atoms with Crippen LogP contribution in [0.1, 0.15) is 12.8 Å². The van der Waals surface area contributed by atoms with Crippen molar-refractivity contribution in [2.24, 2.45) is 5.73 Å². The van der Waals surface area contributed by atoms with Crippen LogP contribution in [0.2, 0.25) is 0 Å². The van der Waals surface area contributed by atoms with Gasteiger partial charge in [-0.2, -0.15) is 0 Å². The van der Waals surface area contributed by atoms with E-state index in [4.69, 9.17) is 20.7 Å². The van der Waals surface area contributed by atoms with E-state index in [-0.39, 0.29) is 25.3 Å². The monoisotopic (exact) mass is 206 g/mol. The zero-order valence-corrected chi connectivity index (χ0v) is 8.78. The molecule has 5 nitrogen and oxygen atoms in total. The number of aliphatic hydroxyl groups excluding tert-OH is 2. The van der Waals surface area contributed by atoms with Crippen LogP contribution in [0.25, 0.3) is 0 Å².